The summed E-state index contributed by atoms with van der Waals surface area (Å²) in [6, 6.07) is 69.4. The van der Waals surface area contributed by atoms with Crippen LogP contribution < -0.4 is 4.90 Å². The van der Waals surface area contributed by atoms with Gasteiger partial charge in [0.25, 0.3) is 0 Å². The van der Waals surface area contributed by atoms with Gasteiger partial charge in [0.2, 0.25) is 5.89 Å². The normalized spacial score (nSPS) is 11.6. The maximum absolute atomic E-state index is 6.45. The van der Waals surface area contributed by atoms with Crippen LogP contribution in [0.4, 0.5) is 17.1 Å². The summed E-state index contributed by atoms with van der Waals surface area (Å²) in [5, 5.41) is 7.20. The van der Waals surface area contributed by atoms with E-state index in [0.29, 0.717) is 5.89 Å². The summed E-state index contributed by atoms with van der Waals surface area (Å²) in [6.45, 7) is 0. The van der Waals surface area contributed by atoms with Gasteiger partial charge in [-0.05, 0) is 105 Å². The number of aromatic nitrogens is 1. The summed E-state index contributed by atoms with van der Waals surface area (Å²) < 4.78 is 9.03. The predicted molar refractivity (Wildman–Crippen MR) is 233 cm³/mol. The first-order chi connectivity index (χ1) is 27.2. The number of thiophene rings is 1. The fraction of sp³-hybridized carbons (Fsp3) is 0. The lowest BCUT2D eigenvalue weighted by Gasteiger charge is -2.26. The van der Waals surface area contributed by atoms with Crippen molar-refractivity contribution in [1.82, 2.24) is 4.98 Å². The van der Waals surface area contributed by atoms with Crippen molar-refractivity contribution in [3.63, 3.8) is 0 Å². The Hall–Kier alpha value is -7.01. The molecule has 0 saturated carbocycles. The van der Waals surface area contributed by atoms with Gasteiger partial charge in [-0.25, -0.2) is 4.98 Å². The molecule has 0 amide bonds. The zero-order valence-corrected chi connectivity index (χ0v) is 30.5. The third-order valence-corrected chi connectivity index (χ3v) is 11.8. The molecule has 9 aromatic carbocycles. The fourth-order valence-electron chi connectivity index (χ4n) is 8.05. The molecule has 0 atom stereocenters. The molecule has 4 heteroatoms. The van der Waals surface area contributed by atoms with Gasteiger partial charge in [-0.2, -0.15) is 0 Å². The number of rotatable bonds is 6. The highest BCUT2D eigenvalue weighted by Crippen LogP contribution is 2.43. The molecule has 0 fully saturated rings. The van der Waals surface area contributed by atoms with Crippen molar-refractivity contribution in [3.05, 3.63) is 194 Å². The number of hydrogen-bond acceptors (Lipinski definition) is 4. The molecule has 2 heterocycles. The average molecular weight is 721 g/mol. The third kappa shape index (κ3) is 5.38. The van der Waals surface area contributed by atoms with E-state index in [1.807, 2.05) is 41.7 Å². The monoisotopic (exact) mass is 720 g/mol. The minimum absolute atomic E-state index is 0.637. The Morgan fingerprint density at radius 2 is 1.04 bits per heavy atom. The second-order valence-electron chi connectivity index (χ2n) is 13.9. The molecule has 0 radical (unpaired) electrons. The number of fused-ring (bicyclic) bond motifs is 8. The highest BCUT2D eigenvalue weighted by atomic mass is 32.1. The van der Waals surface area contributed by atoms with Crippen LogP contribution in [0.25, 0.3) is 86.5 Å². The van der Waals surface area contributed by atoms with Gasteiger partial charge in [-0.15, -0.1) is 11.3 Å². The molecule has 55 heavy (non-hydrogen) atoms. The quantitative estimate of drug-likeness (QED) is 0.160. The predicted octanol–water partition coefficient (Wildman–Crippen LogP) is 15.0. The Labute approximate surface area is 322 Å². The SMILES string of the molecule is c1ccc(-c2ccc(N(c3ccc(-c4cccc5ccc6c(ccc7nc(-c8ccccc8)oc76)c45)cc3)c3ccc4c(c3)sc3ccccc34)cc2)cc1. The van der Waals surface area contributed by atoms with Gasteiger partial charge in [0.1, 0.15) is 5.52 Å². The standard InChI is InChI=1S/C51H32N2OS/c1-3-10-33(11-4-1)34-18-23-38(24-19-34)53(40-27-29-43-42-15-7-8-17-47(42)55-48(43)32-40)39-25-20-35(21-26-39)41-16-9-14-36-22-28-45-44(49(36)41)30-31-46-50(45)54-51(52-46)37-12-5-2-6-13-37/h1-32H. The molecule has 0 N–H and O–H groups in total. The summed E-state index contributed by atoms with van der Waals surface area (Å²) in [4.78, 5) is 7.21. The number of nitrogens with zero attached hydrogens (tertiary/aromatic N) is 2. The van der Waals surface area contributed by atoms with Gasteiger partial charge in [0, 0.05) is 48.2 Å². The highest BCUT2D eigenvalue weighted by Gasteiger charge is 2.18. The first-order valence-electron chi connectivity index (χ1n) is 18.5. The molecule has 0 aliphatic carbocycles. The van der Waals surface area contributed by atoms with E-state index < -0.39 is 0 Å². The van der Waals surface area contributed by atoms with Crippen LogP contribution in [-0.4, -0.2) is 4.98 Å². The molecule has 2 aromatic heterocycles. The van der Waals surface area contributed by atoms with Crippen molar-refractivity contribution in [2.45, 2.75) is 0 Å². The summed E-state index contributed by atoms with van der Waals surface area (Å²) in [5.41, 5.74) is 10.7. The first kappa shape index (κ1) is 31.5. The van der Waals surface area contributed by atoms with E-state index in [0.717, 1.165) is 50.1 Å². The van der Waals surface area contributed by atoms with E-state index in [1.165, 1.54) is 47.6 Å². The molecular formula is C51H32N2OS. The van der Waals surface area contributed by atoms with Gasteiger partial charge in [-0.3, -0.25) is 0 Å². The molecule has 0 unspecified atom stereocenters. The lowest BCUT2D eigenvalue weighted by Crippen LogP contribution is -2.09. The molecule has 0 aliphatic heterocycles. The maximum Gasteiger partial charge on any atom is 0.227 e. The van der Waals surface area contributed by atoms with E-state index in [1.54, 1.807) is 0 Å². The van der Waals surface area contributed by atoms with E-state index in [4.69, 9.17) is 9.40 Å². The van der Waals surface area contributed by atoms with Crippen molar-refractivity contribution in [2.24, 2.45) is 0 Å². The van der Waals surface area contributed by atoms with Gasteiger partial charge in [0.15, 0.2) is 5.58 Å². The molecule has 0 bridgehead atoms. The van der Waals surface area contributed by atoms with Crippen LogP contribution in [0.3, 0.4) is 0 Å². The van der Waals surface area contributed by atoms with Gasteiger partial charge >= 0.3 is 0 Å². The highest BCUT2D eigenvalue weighted by molar-refractivity contribution is 7.25. The average Bonchev–Trinajstić information content (AvgIpc) is 3.87. The van der Waals surface area contributed by atoms with Crippen molar-refractivity contribution in [1.29, 1.82) is 0 Å². The van der Waals surface area contributed by atoms with Crippen molar-refractivity contribution >= 4 is 81.2 Å². The molecule has 3 nitrogen and oxygen atoms in total. The van der Waals surface area contributed by atoms with Crippen LogP contribution in [0, 0.1) is 0 Å². The lowest BCUT2D eigenvalue weighted by atomic mass is 9.93. The fourth-order valence-corrected chi connectivity index (χ4v) is 9.19. The van der Waals surface area contributed by atoms with Crippen LogP contribution in [0.5, 0.6) is 0 Å². The molecule has 11 rings (SSSR count). The summed E-state index contributed by atoms with van der Waals surface area (Å²) >= 11 is 1.85. The lowest BCUT2D eigenvalue weighted by molar-refractivity contribution is 0.623. The van der Waals surface area contributed by atoms with Gasteiger partial charge in [-0.1, -0.05) is 127 Å². The minimum atomic E-state index is 0.637. The zero-order valence-electron chi connectivity index (χ0n) is 29.7. The van der Waals surface area contributed by atoms with Gasteiger partial charge in [0.05, 0.1) is 0 Å². The molecule has 258 valence electrons. The summed E-state index contributed by atoms with van der Waals surface area (Å²) in [5.74, 6) is 0.637. The zero-order chi connectivity index (χ0) is 36.3. The second-order valence-corrected chi connectivity index (χ2v) is 15.0. The molecule has 0 saturated heterocycles. The first-order valence-corrected chi connectivity index (χ1v) is 19.3. The Balaban J connectivity index is 1.03. The number of hydrogen-bond donors (Lipinski definition) is 0. The third-order valence-electron chi connectivity index (χ3n) is 10.7. The van der Waals surface area contributed by atoms with Crippen molar-refractivity contribution < 1.29 is 4.42 Å². The van der Waals surface area contributed by atoms with Crippen LogP contribution in [-0.2, 0) is 0 Å². The summed E-state index contributed by atoms with van der Waals surface area (Å²) in [7, 11) is 0. The van der Waals surface area contributed by atoms with Crippen LogP contribution in [0.15, 0.2) is 199 Å². The topological polar surface area (TPSA) is 29.3 Å². The molecular weight excluding hydrogens is 689 g/mol. The van der Waals surface area contributed by atoms with Crippen LogP contribution in [0.2, 0.25) is 0 Å². The number of anilines is 3. The Kier molecular flexibility index (Phi) is 7.35. The summed E-state index contributed by atoms with van der Waals surface area (Å²) in [6.07, 6.45) is 0. The minimum Gasteiger partial charge on any atom is -0.435 e. The van der Waals surface area contributed by atoms with Gasteiger partial charge < -0.3 is 9.32 Å². The molecule has 11 aromatic rings. The number of oxazole rings is 1. The Bertz CT molecular complexity index is 3180. The van der Waals surface area contributed by atoms with Crippen LogP contribution in [0.1, 0.15) is 0 Å². The number of benzene rings is 9. The van der Waals surface area contributed by atoms with E-state index >= 15 is 0 Å². The van der Waals surface area contributed by atoms with Crippen molar-refractivity contribution in [2.75, 3.05) is 4.90 Å². The Morgan fingerprint density at radius 1 is 0.418 bits per heavy atom. The molecule has 0 spiro atoms. The van der Waals surface area contributed by atoms with Crippen molar-refractivity contribution in [3.8, 4) is 33.7 Å². The van der Waals surface area contributed by atoms with Crippen LogP contribution >= 0.6 is 11.3 Å². The van der Waals surface area contributed by atoms with E-state index in [9.17, 15) is 0 Å². The van der Waals surface area contributed by atoms with E-state index in [-0.39, 0.29) is 0 Å². The second kappa shape index (κ2) is 12.8. The van der Waals surface area contributed by atoms with E-state index in [2.05, 4.69) is 169 Å². The smallest absolute Gasteiger partial charge is 0.227 e. The maximum atomic E-state index is 6.45. The largest absolute Gasteiger partial charge is 0.435 e. The molecule has 0 aliphatic rings. The Morgan fingerprint density at radius 3 is 1.82 bits per heavy atom.